The van der Waals surface area contributed by atoms with Gasteiger partial charge in [-0.1, -0.05) is 28.1 Å². The maximum Gasteiger partial charge on any atom is 0.336 e. The zero-order valence-electron chi connectivity index (χ0n) is 21.7. The molecule has 8 nitrogen and oxygen atoms in total. The van der Waals surface area contributed by atoms with Gasteiger partial charge in [-0.3, -0.25) is 9.80 Å². The number of pyridine rings is 1. The molecule has 1 N–H and O–H groups in total. The average molecular weight is 628 g/mol. The first-order chi connectivity index (χ1) is 17.7. The summed E-state index contributed by atoms with van der Waals surface area (Å²) in [5, 5.41) is 10.7. The van der Waals surface area contributed by atoms with E-state index in [2.05, 4.69) is 25.7 Å². The van der Waals surface area contributed by atoms with Crippen LogP contribution in [0.2, 0.25) is 0 Å². The largest absolute Gasteiger partial charge is 0.478 e. The van der Waals surface area contributed by atoms with Crippen LogP contribution in [0.4, 0.5) is 0 Å². The molecule has 2 aliphatic rings. The fourth-order valence-electron chi connectivity index (χ4n) is 5.39. The van der Waals surface area contributed by atoms with Crippen LogP contribution < -0.4 is 0 Å². The van der Waals surface area contributed by atoms with Crippen LogP contribution in [0, 0.1) is 0 Å². The molecule has 2 saturated heterocycles. The van der Waals surface area contributed by atoms with Crippen molar-refractivity contribution in [3.05, 3.63) is 58.1 Å². The van der Waals surface area contributed by atoms with Gasteiger partial charge >= 0.3 is 5.97 Å². The molecule has 0 amide bonds. The number of carbonyl (C=O) groups is 1. The first kappa shape index (κ1) is 30.2. The van der Waals surface area contributed by atoms with E-state index in [9.17, 15) is 18.3 Å². The van der Waals surface area contributed by atoms with Gasteiger partial charge in [-0.2, -0.15) is 0 Å². The topological polar surface area (TPSA) is 100 Å². The van der Waals surface area contributed by atoms with Gasteiger partial charge in [-0.15, -0.1) is 0 Å². The Balaban J connectivity index is 0.00000336. The molecular weight excluding hydrogens is 597 g/mol. The van der Waals surface area contributed by atoms with Crippen molar-refractivity contribution >= 4 is 94.0 Å². The Morgan fingerprint density at radius 3 is 2.45 bits per heavy atom. The molecule has 197 valence electrons. The minimum Gasteiger partial charge on any atom is -0.478 e. The van der Waals surface area contributed by atoms with Gasteiger partial charge in [0.25, 0.3) is 0 Å². The predicted molar refractivity (Wildman–Crippen MR) is 151 cm³/mol. The van der Waals surface area contributed by atoms with Crippen LogP contribution in [0.3, 0.4) is 0 Å². The summed E-state index contributed by atoms with van der Waals surface area (Å²) in [5.74, 6) is -1.09. The van der Waals surface area contributed by atoms with Crippen LogP contribution in [0.25, 0.3) is 22.2 Å². The Morgan fingerprint density at radius 1 is 1.11 bits per heavy atom. The molecule has 0 aliphatic carbocycles. The molecule has 1 radical (unpaired) electrons. The van der Waals surface area contributed by atoms with E-state index in [1.54, 1.807) is 6.07 Å². The van der Waals surface area contributed by atoms with Gasteiger partial charge in [-0.25, -0.2) is 18.2 Å². The van der Waals surface area contributed by atoms with Crippen LogP contribution >= 0.6 is 15.9 Å². The second-order valence-electron chi connectivity index (χ2n) is 9.74. The molecule has 3 heterocycles. The monoisotopic (exact) mass is 626 g/mol. The fraction of sp³-hybridized carbons (Fsp3) is 0.407. The number of hydrogen-bond acceptors (Lipinski definition) is 7. The van der Waals surface area contributed by atoms with E-state index in [1.807, 2.05) is 24.3 Å². The molecule has 0 spiro atoms. The number of piperidine rings is 1. The Labute approximate surface area is 274 Å². The summed E-state index contributed by atoms with van der Waals surface area (Å²) in [6.07, 6.45) is 3.14. The number of hydrogen-bond donors (Lipinski definition) is 1. The molecule has 2 aliphatic heterocycles. The van der Waals surface area contributed by atoms with E-state index < -0.39 is 15.8 Å². The standard InChI is InChI=1S/C27H30BrN3O5S.K/c1-37(34,35)21-5-6-24-22(16-21)25(27(32)33)23(26(29-24)18-3-2-4-19(28)15-18)17-30-9-7-20(8-10-30)31-11-13-36-14-12-31;/h2-6,15-16,20H,7-14,17H2,1H3,(H,32,33);. The fourth-order valence-corrected chi connectivity index (χ4v) is 6.44. The van der Waals surface area contributed by atoms with Crippen molar-refractivity contribution in [1.29, 1.82) is 0 Å². The van der Waals surface area contributed by atoms with E-state index in [4.69, 9.17) is 9.72 Å². The van der Waals surface area contributed by atoms with E-state index in [-0.39, 0.29) is 61.8 Å². The molecule has 0 unspecified atom stereocenters. The molecule has 0 bridgehead atoms. The van der Waals surface area contributed by atoms with Crippen LogP contribution in [-0.2, 0) is 21.1 Å². The van der Waals surface area contributed by atoms with Gasteiger partial charge in [0.1, 0.15) is 0 Å². The van der Waals surface area contributed by atoms with Crippen LogP contribution in [0.1, 0.15) is 28.8 Å². The summed E-state index contributed by atoms with van der Waals surface area (Å²) in [4.78, 5) is 22.5. The number of rotatable bonds is 6. The number of nitrogens with zero attached hydrogens (tertiary/aromatic N) is 3. The van der Waals surface area contributed by atoms with Crippen LogP contribution in [0.5, 0.6) is 0 Å². The number of fused-ring (bicyclic) bond motifs is 1. The second kappa shape index (κ2) is 12.8. The molecule has 1 aromatic heterocycles. The number of likely N-dealkylation sites (tertiary alicyclic amines) is 1. The minimum atomic E-state index is -3.51. The molecule has 3 aromatic rings. The van der Waals surface area contributed by atoms with Crippen molar-refractivity contribution in [1.82, 2.24) is 14.8 Å². The molecule has 0 atom stereocenters. The molecule has 2 aromatic carbocycles. The molecular formula is C27H30BrKN3O5S. The molecule has 38 heavy (non-hydrogen) atoms. The van der Waals surface area contributed by atoms with Gasteiger partial charge in [0, 0.05) is 104 Å². The Kier molecular flexibility index (Phi) is 10.2. The Morgan fingerprint density at radius 2 is 1.82 bits per heavy atom. The zero-order valence-corrected chi connectivity index (χ0v) is 27.2. The Hall–Kier alpha value is -0.734. The number of sulfone groups is 1. The van der Waals surface area contributed by atoms with Crippen LogP contribution in [-0.4, -0.2) is 137 Å². The summed E-state index contributed by atoms with van der Waals surface area (Å²) in [7, 11) is -3.51. The number of ether oxygens (including phenoxy) is 1. The maximum atomic E-state index is 12.7. The molecule has 0 saturated carbocycles. The number of morpholine rings is 1. The zero-order chi connectivity index (χ0) is 26.2. The van der Waals surface area contributed by atoms with Crippen molar-refractivity contribution in [3.63, 3.8) is 0 Å². The Bertz CT molecular complexity index is 1440. The van der Waals surface area contributed by atoms with Crippen molar-refractivity contribution in [2.75, 3.05) is 45.6 Å². The number of aromatic carboxylic acids is 1. The minimum absolute atomic E-state index is 0. The predicted octanol–water partition coefficient (Wildman–Crippen LogP) is 3.68. The quantitative estimate of drug-likeness (QED) is 0.414. The number of halogens is 1. The van der Waals surface area contributed by atoms with Crippen molar-refractivity contribution in [3.8, 4) is 11.3 Å². The van der Waals surface area contributed by atoms with E-state index in [0.717, 1.165) is 68.5 Å². The summed E-state index contributed by atoms with van der Waals surface area (Å²) in [6.45, 7) is 5.58. The number of carboxylic acid groups (broad SMARTS) is 1. The first-order valence-corrected chi connectivity index (χ1v) is 15.1. The van der Waals surface area contributed by atoms with Crippen molar-refractivity contribution < 1.29 is 23.1 Å². The third-order valence-electron chi connectivity index (χ3n) is 7.30. The number of carboxylic acids is 1. The van der Waals surface area contributed by atoms with E-state index >= 15 is 0 Å². The SMILES string of the molecule is CS(=O)(=O)c1ccc2nc(-c3cccc(Br)c3)c(CN3CCC(N4CCOCC4)CC3)c(C(=O)O)c2c1.[K]. The molecule has 5 rings (SSSR count). The summed E-state index contributed by atoms with van der Waals surface area (Å²) < 4.78 is 30.9. The van der Waals surface area contributed by atoms with E-state index in [1.165, 1.54) is 12.1 Å². The maximum absolute atomic E-state index is 12.7. The van der Waals surface area contributed by atoms with Crippen LogP contribution in [0.15, 0.2) is 51.8 Å². The summed E-state index contributed by atoms with van der Waals surface area (Å²) in [5.41, 5.74) is 2.58. The average Bonchev–Trinajstić information content (AvgIpc) is 2.88. The van der Waals surface area contributed by atoms with Crippen molar-refractivity contribution in [2.24, 2.45) is 0 Å². The number of benzene rings is 2. The smallest absolute Gasteiger partial charge is 0.336 e. The van der Waals surface area contributed by atoms with Crippen molar-refractivity contribution in [2.45, 2.75) is 30.3 Å². The normalized spacial score (nSPS) is 17.8. The molecule has 11 heteroatoms. The summed E-state index contributed by atoms with van der Waals surface area (Å²) >= 11 is 3.52. The van der Waals surface area contributed by atoms with Gasteiger partial charge in [-0.05, 0) is 56.3 Å². The first-order valence-electron chi connectivity index (χ1n) is 12.4. The van der Waals surface area contributed by atoms with Gasteiger partial charge in [0.05, 0.1) is 34.9 Å². The van der Waals surface area contributed by atoms with Gasteiger partial charge < -0.3 is 9.84 Å². The summed E-state index contributed by atoms with van der Waals surface area (Å²) in [6, 6.07) is 12.7. The number of aromatic nitrogens is 1. The molecule has 2 fully saturated rings. The van der Waals surface area contributed by atoms with Gasteiger partial charge in [0.15, 0.2) is 9.84 Å². The third-order valence-corrected chi connectivity index (χ3v) is 8.90. The van der Waals surface area contributed by atoms with Gasteiger partial charge in [0.2, 0.25) is 0 Å². The third kappa shape index (κ3) is 6.76. The van der Waals surface area contributed by atoms with E-state index in [0.29, 0.717) is 34.7 Å². The second-order valence-corrected chi connectivity index (χ2v) is 12.7.